The first kappa shape index (κ1) is 23.0. The number of carbonyl (C=O) groups excluding carboxylic acids is 3. The lowest BCUT2D eigenvalue weighted by atomic mass is 10.1. The Hall–Kier alpha value is -3.13. The van der Waals surface area contributed by atoms with Crippen molar-refractivity contribution in [1.82, 2.24) is 5.32 Å². The summed E-state index contributed by atoms with van der Waals surface area (Å²) in [7, 11) is 0. The third-order valence-electron chi connectivity index (χ3n) is 4.77. The first-order valence-electron chi connectivity index (χ1n) is 9.66. The number of imide groups is 2. The zero-order chi connectivity index (χ0) is 23.5. The van der Waals surface area contributed by atoms with E-state index in [-0.39, 0.29) is 12.2 Å². The second kappa shape index (κ2) is 9.79. The minimum atomic E-state index is -0.807. The summed E-state index contributed by atoms with van der Waals surface area (Å²) in [6, 6.07) is 17.9. The molecular weight excluding hydrogens is 531 g/mol. The summed E-state index contributed by atoms with van der Waals surface area (Å²) in [4.78, 5) is 38.9. The first-order chi connectivity index (χ1) is 15.8. The van der Waals surface area contributed by atoms with Crippen molar-refractivity contribution in [2.45, 2.75) is 6.61 Å². The topological polar surface area (TPSA) is 75.7 Å². The lowest BCUT2D eigenvalue weighted by Gasteiger charge is -2.26. The molecule has 0 radical (unpaired) electrons. The van der Waals surface area contributed by atoms with Gasteiger partial charge in [-0.15, -0.1) is 0 Å². The Morgan fingerprint density at radius 3 is 2.42 bits per heavy atom. The van der Waals surface area contributed by atoms with E-state index in [1.54, 1.807) is 66.7 Å². The Balaban J connectivity index is 1.66. The maximum absolute atomic E-state index is 13.1. The molecule has 1 saturated heterocycles. The molecule has 1 aliphatic rings. The molecular formula is C24H15BrCl2N2O4. The molecule has 0 unspecified atom stereocenters. The highest BCUT2D eigenvalue weighted by Gasteiger charge is 2.36. The predicted molar refractivity (Wildman–Crippen MR) is 130 cm³/mol. The minimum absolute atomic E-state index is 0.184. The number of anilines is 1. The van der Waals surface area contributed by atoms with E-state index in [2.05, 4.69) is 21.2 Å². The molecule has 3 aromatic rings. The number of nitrogens with zero attached hydrogens (tertiary/aromatic N) is 1. The summed E-state index contributed by atoms with van der Waals surface area (Å²) in [5, 5.41) is 3.06. The van der Waals surface area contributed by atoms with Crippen LogP contribution in [-0.4, -0.2) is 17.8 Å². The van der Waals surface area contributed by atoms with Gasteiger partial charge in [0.15, 0.2) is 0 Å². The van der Waals surface area contributed by atoms with Crippen LogP contribution in [-0.2, 0) is 16.2 Å². The predicted octanol–water partition coefficient (Wildman–Crippen LogP) is 6.00. The fourth-order valence-electron chi connectivity index (χ4n) is 3.18. The number of hydrogen-bond donors (Lipinski definition) is 1. The van der Waals surface area contributed by atoms with Gasteiger partial charge < -0.3 is 4.74 Å². The molecule has 0 saturated carbocycles. The van der Waals surface area contributed by atoms with Crippen LogP contribution >= 0.6 is 39.1 Å². The monoisotopic (exact) mass is 544 g/mol. The van der Waals surface area contributed by atoms with E-state index in [1.165, 1.54) is 6.08 Å². The Morgan fingerprint density at radius 2 is 1.70 bits per heavy atom. The molecule has 3 aromatic carbocycles. The molecule has 0 atom stereocenters. The molecule has 166 valence electrons. The number of urea groups is 1. The molecule has 4 amide bonds. The van der Waals surface area contributed by atoms with Crippen molar-refractivity contribution in [3.63, 3.8) is 0 Å². The van der Waals surface area contributed by atoms with E-state index in [4.69, 9.17) is 27.9 Å². The molecule has 33 heavy (non-hydrogen) atoms. The van der Waals surface area contributed by atoms with E-state index in [9.17, 15) is 14.4 Å². The van der Waals surface area contributed by atoms with Crippen molar-refractivity contribution in [1.29, 1.82) is 0 Å². The largest absolute Gasteiger partial charge is 0.488 e. The molecule has 0 aliphatic carbocycles. The highest BCUT2D eigenvalue weighted by atomic mass is 79.9. The van der Waals surface area contributed by atoms with E-state index < -0.39 is 17.8 Å². The average molecular weight is 546 g/mol. The number of carbonyl (C=O) groups is 3. The van der Waals surface area contributed by atoms with Crippen LogP contribution in [0.2, 0.25) is 10.0 Å². The Morgan fingerprint density at radius 1 is 0.939 bits per heavy atom. The van der Waals surface area contributed by atoms with Crippen LogP contribution in [0.25, 0.3) is 6.08 Å². The molecule has 1 N–H and O–H groups in total. The van der Waals surface area contributed by atoms with Crippen LogP contribution in [0.1, 0.15) is 11.1 Å². The lowest BCUT2D eigenvalue weighted by molar-refractivity contribution is -0.122. The third-order valence-corrected chi connectivity index (χ3v) is 6.00. The molecule has 0 bridgehead atoms. The molecule has 6 nitrogen and oxygen atoms in total. The third kappa shape index (κ3) is 5.11. The number of amides is 4. The standard InChI is InChI=1S/C24H15BrCl2N2O4/c25-16-7-9-21(33-13-14-6-8-19(26)20(27)10-14)15(11-16)12-18-22(30)28-24(32)29(23(18)31)17-4-2-1-3-5-17/h1-12H,13H2,(H,28,30,32)/b18-12+. The van der Waals surface area contributed by atoms with Crippen LogP contribution in [0.3, 0.4) is 0 Å². The Bertz CT molecular complexity index is 1290. The molecule has 4 rings (SSSR count). The Labute approximate surface area is 207 Å². The number of nitrogens with one attached hydrogen (secondary N) is 1. The molecule has 1 fully saturated rings. The fraction of sp³-hybridized carbons (Fsp3) is 0.0417. The van der Waals surface area contributed by atoms with Crippen molar-refractivity contribution in [2.24, 2.45) is 0 Å². The van der Waals surface area contributed by atoms with Gasteiger partial charge in [-0.05, 0) is 54.1 Å². The van der Waals surface area contributed by atoms with Gasteiger partial charge in [0, 0.05) is 10.0 Å². The van der Waals surface area contributed by atoms with Gasteiger partial charge in [0.25, 0.3) is 11.8 Å². The number of halogens is 3. The van der Waals surface area contributed by atoms with Crippen LogP contribution in [0.15, 0.2) is 76.8 Å². The first-order valence-corrected chi connectivity index (χ1v) is 11.2. The van der Waals surface area contributed by atoms with E-state index in [0.29, 0.717) is 27.0 Å². The number of rotatable bonds is 5. The Kier molecular flexibility index (Phi) is 6.83. The maximum atomic E-state index is 13.1. The van der Waals surface area contributed by atoms with Crippen molar-refractivity contribution in [2.75, 3.05) is 4.90 Å². The van der Waals surface area contributed by atoms with E-state index >= 15 is 0 Å². The second-order valence-corrected chi connectivity index (χ2v) is 8.74. The molecule has 0 spiro atoms. The fourth-order valence-corrected chi connectivity index (χ4v) is 3.88. The average Bonchev–Trinajstić information content (AvgIpc) is 2.79. The number of benzene rings is 3. The molecule has 1 aliphatic heterocycles. The van der Waals surface area contributed by atoms with Gasteiger partial charge in [0.2, 0.25) is 0 Å². The van der Waals surface area contributed by atoms with Gasteiger partial charge in [-0.2, -0.15) is 0 Å². The van der Waals surface area contributed by atoms with Crippen LogP contribution < -0.4 is 15.0 Å². The number of hydrogen-bond acceptors (Lipinski definition) is 4. The van der Waals surface area contributed by atoms with Crippen molar-refractivity contribution in [3.05, 3.63) is 97.9 Å². The summed E-state index contributed by atoms with van der Waals surface area (Å²) in [5.74, 6) is -1.08. The van der Waals surface area contributed by atoms with Crippen LogP contribution in [0.5, 0.6) is 5.75 Å². The summed E-state index contributed by atoms with van der Waals surface area (Å²) in [6.45, 7) is 0.184. The highest BCUT2D eigenvalue weighted by molar-refractivity contribution is 9.10. The zero-order valence-corrected chi connectivity index (χ0v) is 19.9. The van der Waals surface area contributed by atoms with Gasteiger partial charge in [-0.1, -0.05) is 63.4 Å². The number of ether oxygens (including phenoxy) is 1. The van der Waals surface area contributed by atoms with Gasteiger partial charge in [-0.3, -0.25) is 14.9 Å². The number of barbiturate groups is 1. The van der Waals surface area contributed by atoms with Gasteiger partial charge in [-0.25, -0.2) is 9.69 Å². The SMILES string of the molecule is O=C1NC(=O)N(c2ccccc2)C(=O)/C1=C/c1cc(Br)ccc1OCc1ccc(Cl)c(Cl)c1. The highest BCUT2D eigenvalue weighted by Crippen LogP contribution is 2.29. The lowest BCUT2D eigenvalue weighted by Crippen LogP contribution is -2.54. The summed E-state index contributed by atoms with van der Waals surface area (Å²) in [6.07, 6.45) is 1.40. The maximum Gasteiger partial charge on any atom is 0.335 e. The van der Waals surface area contributed by atoms with Crippen LogP contribution in [0.4, 0.5) is 10.5 Å². The summed E-state index contributed by atoms with van der Waals surface area (Å²) >= 11 is 15.4. The van der Waals surface area contributed by atoms with E-state index in [0.717, 1.165) is 14.9 Å². The van der Waals surface area contributed by atoms with Gasteiger partial charge in [0.1, 0.15) is 17.9 Å². The van der Waals surface area contributed by atoms with Gasteiger partial charge in [0.05, 0.1) is 15.7 Å². The van der Waals surface area contributed by atoms with Gasteiger partial charge >= 0.3 is 6.03 Å². The van der Waals surface area contributed by atoms with Crippen molar-refractivity contribution < 1.29 is 19.1 Å². The molecule has 0 aromatic heterocycles. The molecule has 1 heterocycles. The second-order valence-electron chi connectivity index (χ2n) is 7.01. The minimum Gasteiger partial charge on any atom is -0.488 e. The van der Waals surface area contributed by atoms with Crippen LogP contribution in [0, 0.1) is 0 Å². The van der Waals surface area contributed by atoms with Crippen molar-refractivity contribution >= 4 is 68.7 Å². The normalized spacial score (nSPS) is 15.1. The molecule has 9 heteroatoms. The van der Waals surface area contributed by atoms with E-state index in [1.807, 2.05) is 0 Å². The summed E-state index contributed by atoms with van der Waals surface area (Å²) < 4.78 is 6.65. The van der Waals surface area contributed by atoms with Crippen molar-refractivity contribution in [3.8, 4) is 5.75 Å². The number of para-hydroxylation sites is 1. The smallest absolute Gasteiger partial charge is 0.335 e. The quantitative estimate of drug-likeness (QED) is 0.315. The summed E-state index contributed by atoms with van der Waals surface area (Å²) in [5.41, 5.74) is 1.42. The zero-order valence-electron chi connectivity index (χ0n) is 16.8.